The molecule has 2 fully saturated rings. The van der Waals surface area contributed by atoms with Crippen molar-refractivity contribution in [2.75, 3.05) is 24.5 Å². The molecule has 4 heteroatoms. The van der Waals surface area contributed by atoms with E-state index in [-0.39, 0.29) is 17.7 Å². The summed E-state index contributed by atoms with van der Waals surface area (Å²) in [6, 6.07) is 7.95. The highest BCUT2D eigenvalue weighted by atomic mass is 16.2. The zero-order valence-corrected chi connectivity index (χ0v) is 14.1. The molecule has 0 N–H and O–H groups in total. The Morgan fingerprint density at radius 3 is 2.57 bits per heavy atom. The Hall–Kier alpha value is -1.84. The third-order valence-corrected chi connectivity index (χ3v) is 4.80. The van der Waals surface area contributed by atoms with Gasteiger partial charge in [-0.05, 0) is 44.2 Å². The van der Waals surface area contributed by atoms with Gasteiger partial charge >= 0.3 is 0 Å². The molecular formula is C19H26N2O2. The van der Waals surface area contributed by atoms with E-state index in [2.05, 4.69) is 6.92 Å². The van der Waals surface area contributed by atoms with E-state index in [0.29, 0.717) is 18.9 Å². The molecule has 1 saturated heterocycles. The van der Waals surface area contributed by atoms with Crippen LogP contribution in [0, 0.1) is 18.8 Å². The molecule has 0 aromatic heterocycles. The highest BCUT2D eigenvalue weighted by Crippen LogP contribution is 2.32. The highest BCUT2D eigenvalue weighted by Gasteiger charge is 2.38. The second-order valence-electron chi connectivity index (χ2n) is 6.97. The third-order valence-electron chi connectivity index (χ3n) is 4.80. The van der Waals surface area contributed by atoms with Crippen molar-refractivity contribution in [1.82, 2.24) is 4.90 Å². The van der Waals surface area contributed by atoms with Gasteiger partial charge in [-0.2, -0.15) is 0 Å². The predicted octanol–water partition coefficient (Wildman–Crippen LogP) is 3.00. The number of aryl methyl sites for hydroxylation is 1. The van der Waals surface area contributed by atoms with Crippen LogP contribution >= 0.6 is 0 Å². The number of carbonyl (C=O) groups is 2. The Morgan fingerprint density at radius 1 is 1.26 bits per heavy atom. The minimum Gasteiger partial charge on any atom is -0.342 e. The summed E-state index contributed by atoms with van der Waals surface area (Å²) < 4.78 is 0. The summed E-state index contributed by atoms with van der Waals surface area (Å²) >= 11 is 0. The quantitative estimate of drug-likeness (QED) is 0.810. The molecule has 1 aromatic carbocycles. The number of hydrogen-bond donors (Lipinski definition) is 0. The summed E-state index contributed by atoms with van der Waals surface area (Å²) in [7, 11) is 0. The molecule has 124 valence electrons. The van der Waals surface area contributed by atoms with Crippen molar-refractivity contribution in [3.63, 3.8) is 0 Å². The third kappa shape index (κ3) is 3.74. The van der Waals surface area contributed by atoms with Crippen molar-refractivity contribution < 1.29 is 9.59 Å². The normalized spacial score (nSPS) is 20.9. The Balaban J connectivity index is 1.67. The number of hydrogen-bond acceptors (Lipinski definition) is 2. The predicted molar refractivity (Wildman–Crippen MR) is 91.2 cm³/mol. The van der Waals surface area contributed by atoms with Gasteiger partial charge in [0.15, 0.2) is 0 Å². The van der Waals surface area contributed by atoms with E-state index in [4.69, 9.17) is 0 Å². The van der Waals surface area contributed by atoms with Gasteiger partial charge in [0.2, 0.25) is 11.8 Å². The lowest BCUT2D eigenvalue weighted by molar-refractivity contribution is -0.136. The molecule has 1 aromatic rings. The van der Waals surface area contributed by atoms with Gasteiger partial charge in [0, 0.05) is 31.7 Å². The van der Waals surface area contributed by atoms with Crippen LogP contribution in [0.3, 0.4) is 0 Å². The van der Waals surface area contributed by atoms with Crippen LogP contribution in [0.25, 0.3) is 0 Å². The first-order chi connectivity index (χ1) is 11.1. The summed E-state index contributed by atoms with van der Waals surface area (Å²) in [4.78, 5) is 28.9. The van der Waals surface area contributed by atoms with Crippen molar-refractivity contribution in [1.29, 1.82) is 0 Å². The van der Waals surface area contributed by atoms with Gasteiger partial charge in [0.25, 0.3) is 0 Å². The van der Waals surface area contributed by atoms with Crippen LogP contribution in [0.2, 0.25) is 0 Å². The minimum absolute atomic E-state index is 0.0649. The number of benzene rings is 1. The Labute approximate surface area is 138 Å². The molecule has 0 spiro atoms. The molecule has 0 radical (unpaired) electrons. The first kappa shape index (κ1) is 16.0. The summed E-state index contributed by atoms with van der Waals surface area (Å²) in [5, 5.41) is 0. The van der Waals surface area contributed by atoms with Gasteiger partial charge in [-0.1, -0.05) is 24.6 Å². The number of nitrogens with zero attached hydrogens (tertiary/aromatic N) is 2. The first-order valence-electron chi connectivity index (χ1n) is 8.74. The summed E-state index contributed by atoms with van der Waals surface area (Å²) in [6.07, 6.45) is 3.80. The van der Waals surface area contributed by atoms with Crippen LogP contribution in [-0.4, -0.2) is 36.3 Å². The van der Waals surface area contributed by atoms with Gasteiger partial charge in [0.05, 0.1) is 5.92 Å². The van der Waals surface area contributed by atoms with E-state index in [1.54, 1.807) is 4.90 Å². The fourth-order valence-electron chi connectivity index (χ4n) is 3.28. The van der Waals surface area contributed by atoms with Crippen LogP contribution in [0.5, 0.6) is 0 Å². The van der Waals surface area contributed by atoms with Crippen LogP contribution in [0.1, 0.15) is 38.2 Å². The van der Waals surface area contributed by atoms with Crippen molar-refractivity contribution in [2.45, 2.75) is 39.5 Å². The number of carbonyl (C=O) groups excluding carboxylic acids is 2. The van der Waals surface area contributed by atoms with E-state index >= 15 is 0 Å². The summed E-state index contributed by atoms with van der Waals surface area (Å²) in [5.41, 5.74) is 2.08. The minimum atomic E-state index is -0.186. The van der Waals surface area contributed by atoms with Gasteiger partial charge < -0.3 is 9.80 Å². The molecule has 1 unspecified atom stereocenters. The maximum absolute atomic E-state index is 12.8. The lowest BCUT2D eigenvalue weighted by Gasteiger charge is -2.25. The summed E-state index contributed by atoms with van der Waals surface area (Å²) in [6.45, 7) is 6.34. The molecule has 3 rings (SSSR count). The fraction of sp³-hybridized carbons (Fsp3) is 0.579. The molecule has 2 amide bonds. The topological polar surface area (TPSA) is 40.6 Å². The number of amides is 2. The zero-order valence-electron chi connectivity index (χ0n) is 14.1. The van der Waals surface area contributed by atoms with Crippen LogP contribution < -0.4 is 4.90 Å². The molecule has 1 heterocycles. The largest absolute Gasteiger partial charge is 0.342 e. The fourth-order valence-corrected chi connectivity index (χ4v) is 3.28. The Morgan fingerprint density at radius 2 is 1.96 bits per heavy atom. The second kappa shape index (κ2) is 6.73. The average molecular weight is 314 g/mol. The Kier molecular flexibility index (Phi) is 4.69. The Bertz CT molecular complexity index is 578. The van der Waals surface area contributed by atoms with E-state index in [1.165, 1.54) is 18.4 Å². The van der Waals surface area contributed by atoms with Crippen LogP contribution in [0.15, 0.2) is 24.3 Å². The SMILES string of the molecule is CCCN(CC1CC1)C(=O)C1CC(=O)N(c2ccc(C)cc2)C1. The van der Waals surface area contributed by atoms with Crippen molar-refractivity contribution in [3.8, 4) is 0 Å². The van der Waals surface area contributed by atoms with Gasteiger partial charge in [-0.3, -0.25) is 9.59 Å². The number of anilines is 1. The summed E-state index contributed by atoms with van der Waals surface area (Å²) in [5.74, 6) is 0.738. The molecule has 2 aliphatic rings. The average Bonchev–Trinajstić information content (AvgIpc) is 3.27. The van der Waals surface area contributed by atoms with Crippen LogP contribution in [0.4, 0.5) is 5.69 Å². The zero-order chi connectivity index (χ0) is 16.4. The highest BCUT2D eigenvalue weighted by molar-refractivity contribution is 6.00. The van der Waals surface area contributed by atoms with Crippen molar-refractivity contribution in [3.05, 3.63) is 29.8 Å². The lowest BCUT2D eigenvalue weighted by atomic mass is 10.1. The van der Waals surface area contributed by atoms with Crippen LogP contribution in [-0.2, 0) is 9.59 Å². The standard InChI is InChI=1S/C19H26N2O2/c1-3-10-20(12-15-6-7-15)19(23)16-11-18(22)21(13-16)17-8-4-14(2)5-9-17/h4-5,8-9,15-16H,3,6-7,10-13H2,1-2H3. The first-order valence-corrected chi connectivity index (χ1v) is 8.74. The van der Waals surface area contributed by atoms with E-state index in [1.807, 2.05) is 36.1 Å². The van der Waals surface area contributed by atoms with Crippen molar-refractivity contribution >= 4 is 17.5 Å². The molecule has 1 saturated carbocycles. The molecule has 1 aliphatic carbocycles. The lowest BCUT2D eigenvalue weighted by Crippen LogP contribution is -2.39. The molecule has 1 atom stereocenters. The van der Waals surface area contributed by atoms with Crippen molar-refractivity contribution in [2.24, 2.45) is 11.8 Å². The number of rotatable bonds is 6. The van der Waals surface area contributed by atoms with E-state index in [9.17, 15) is 9.59 Å². The van der Waals surface area contributed by atoms with Gasteiger partial charge in [0.1, 0.15) is 0 Å². The molecule has 4 nitrogen and oxygen atoms in total. The van der Waals surface area contributed by atoms with Gasteiger partial charge in [-0.15, -0.1) is 0 Å². The van der Waals surface area contributed by atoms with E-state index < -0.39 is 0 Å². The molecular weight excluding hydrogens is 288 g/mol. The monoisotopic (exact) mass is 314 g/mol. The van der Waals surface area contributed by atoms with Gasteiger partial charge in [-0.25, -0.2) is 0 Å². The molecule has 0 bridgehead atoms. The maximum atomic E-state index is 12.8. The molecule has 1 aliphatic heterocycles. The van der Waals surface area contributed by atoms with E-state index in [0.717, 1.165) is 25.2 Å². The maximum Gasteiger partial charge on any atom is 0.228 e. The molecule has 23 heavy (non-hydrogen) atoms. The second-order valence-corrected chi connectivity index (χ2v) is 6.97. The smallest absolute Gasteiger partial charge is 0.228 e.